The summed E-state index contributed by atoms with van der Waals surface area (Å²) in [5.41, 5.74) is 3.10. The van der Waals surface area contributed by atoms with Gasteiger partial charge in [0.05, 0.1) is 28.7 Å². The van der Waals surface area contributed by atoms with Crippen molar-refractivity contribution in [3.05, 3.63) is 87.7 Å². The Morgan fingerprint density at radius 3 is 2.23 bits per heavy atom. The maximum absolute atomic E-state index is 13.2. The molecule has 1 atom stereocenters. The minimum absolute atomic E-state index is 0.0381. The van der Waals surface area contributed by atoms with Crippen LogP contribution in [0.4, 0.5) is 5.69 Å². The van der Waals surface area contributed by atoms with Gasteiger partial charge in [-0.05, 0) is 31.5 Å². The van der Waals surface area contributed by atoms with Gasteiger partial charge in [0, 0.05) is 17.6 Å². The first-order valence-electron chi connectivity index (χ1n) is 9.43. The summed E-state index contributed by atoms with van der Waals surface area (Å²) >= 11 is 6.06. The number of aliphatic hydroxyl groups excluding tert-OH is 1. The van der Waals surface area contributed by atoms with Gasteiger partial charge in [-0.3, -0.25) is 19.2 Å². The first-order chi connectivity index (χ1) is 14.3. The summed E-state index contributed by atoms with van der Waals surface area (Å²) < 4.78 is 1.67. The summed E-state index contributed by atoms with van der Waals surface area (Å²) in [7, 11) is 1.78. The Hall–Kier alpha value is -3.38. The van der Waals surface area contributed by atoms with Gasteiger partial charge in [0.15, 0.2) is 0 Å². The molecule has 1 saturated heterocycles. The fourth-order valence-corrected chi connectivity index (χ4v) is 4.01. The van der Waals surface area contributed by atoms with Crippen molar-refractivity contribution in [1.29, 1.82) is 0 Å². The number of ketones is 1. The first-order valence-corrected chi connectivity index (χ1v) is 9.81. The fraction of sp³-hybridized carbons (Fsp3) is 0.174. The number of aromatic nitrogens is 2. The Kier molecular flexibility index (Phi) is 4.95. The van der Waals surface area contributed by atoms with Crippen LogP contribution < -0.4 is 4.90 Å². The molecule has 3 aromatic rings. The molecule has 0 bridgehead atoms. The van der Waals surface area contributed by atoms with E-state index in [9.17, 15) is 14.7 Å². The summed E-state index contributed by atoms with van der Waals surface area (Å²) in [4.78, 5) is 27.7. The number of rotatable bonds is 3. The third-order valence-electron chi connectivity index (χ3n) is 5.39. The van der Waals surface area contributed by atoms with Gasteiger partial charge in [-0.2, -0.15) is 5.10 Å². The van der Waals surface area contributed by atoms with E-state index >= 15 is 0 Å². The van der Waals surface area contributed by atoms with Gasteiger partial charge in [-0.25, -0.2) is 0 Å². The minimum Gasteiger partial charge on any atom is -0.507 e. The van der Waals surface area contributed by atoms with Crippen LogP contribution in [-0.4, -0.2) is 26.6 Å². The second kappa shape index (κ2) is 7.46. The van der Waals surface area contributed by atoms with Crippen LogP contribution >= 0.6 is 11.6 Å². The third kappa shape index (κ3) is 3.09. The van der Waals surface area contributed by atoms with E-state index in [0.29, 0.717) is 27.5 Å². The highest BCUT2D eigenvalue weighted by atomic mass is 35.5. The summed E-state index contributed by atoms with van der Waals surface area (Å²) in [5.74, 6) is -1.65. The highest BCUT2D eigenvalue weighted by Crippen LogP contribution is 2.44. The predicted molar refractivity (Wildman–Crippen MR) is 115 cm³/mol. The van der Waals surface area contributed by atoms with Gasteiger partial charge in [0.25, 0.3) is 11.7 Å². The van der Waals surface area contributed by atoms with Gasteiger partial charge < -0.3 is 5.11 Å². The number of benzene rings is 2. The molecule has 1 amide bonds. The number of anilines is 1. The van der Waals surface area contributed by atoms with Gasteiger partial charge in [-0.1, -0.05) is 54.1 Å². The van der Waals surface area contributed by atoms with Gasteiger partial charge in [0.2, 0.25) is 0 Å². The molecule has 0 spiro atoms. The summed E-state index contributed by atoms with van der Waals surface area (Å²) in [5, 5.41) is 16.0. The molecule has 0 unspecified atom stereocenters. The average Bonchev–Trinajstić information content (AvgIpc) is 3.14. The van der Waals surface area contributed by atoms with Crippen molar-refractivity contribution in [3.8, 4) is 0 Å². The standard InChI is InChI=1S/C23H20ClN3O3/c1-13-19(14(2)26(3)25-13)27-20(15-9-11-17(24)12-10-15)18(22(29)23(27)30)21(28)16-7-5-4-6-8-16/h4-12,20,28H,1-3H3/t20-/m1/s1. The molecule has 0 radical (unpaired) electrons. The molecule has 2 aromatic carbocycles. The lowest BCUT2D eigenvalue weighted by Gasteiger charge is -2.25. The number of carbonyl (C=O) groups excluding carboxylic acids is 2. The largest absolute Gasteiger partial charge is 0.507 e. The topological polar surface area (TPSA) is 75.4 Å². The number of nitrogens with zero attached hydrogens (tertiary/aromatic N) is 3. The second-order valence-corrected chi connectivity index (χ2v) is 7.67. The van der Waals surface area contributed by atoms with Crippen molar-refractivity contribution < 1.29 is 14.7 Å². The highest BCUT2D eigenvalue weighted by Gasteiger charge is 2.48. The van der Waals surface area contributed by atoms with Crippen molar-refractivity contribution in [3.63, 3.8) is 0 Å². The lowest BCUT2D eigenvalue weighted by molar-refractivity contribution is -0.132. The lowest BCUT2D eigenvalue weighted by Crippen LogP contribution is -2.30. The predicted octanol–water partition coefficient (Wildman–Crippen LogP) is 4.32. The Bertz CT molecular complexity index is 1180. The molecule has 1 aliphatic heterocycles. The molecule has 1 fully saturated rings. The number of hydrogen-bond donors (Lipinski definition) is 1. The van der Waals surface area contributed by atoms with E-state index in [1.165, 1.54) is 4.90 Å². The smallest absolute Gasteiger partial charge is 0.300 e. The number of hydrogen-bond acceptors (Lipinski definition) is 4. The SMILES string of the molecule is Cc1nn(C)c(C)c1N1C(=O)C(=O)C(=C(O)c2ccccc2)[C@H]1c1ccc(Cl)cc1. The number of halogens is 1. The molecule has 1 aromatic heterocycles. The number of aliphatic hydroxyl groups is 1. The van der Waals surface area contributed by atoms with Gasteiger partial charge in [0.1, 0.15) is 5.76 Å². The number of Topliss-reactive ketones (excluding diaryl/α,β-unsaturated/α-hetero) is 1. The van der Waals surface area contributed by atoms with Crippen LogP contribution in [0.5, 0.6) is 0 Å². The fourth-order valence-electron chi connectivity index (χ4n) is 3.89. The maximum Gasteiger partial charge on any atom is 0.300 e. The normalized spacial score (nSPS) is 18.3. The molecule has 0 saturated carbocycles. The number of amides is 1. The second-order valence-electron chi connectivity index (χ2n) is 7.23. The van der Waals surface area contributed by atoms with Crippen molar-refractivity contribution in [2.24, 2.45) is 7.05 Å². The van der Waals surface area contributed by atoms with Crippen LogP contribution in [0.1, 0.15) is 28.6 Å². The average molecular weight is 422 g/mol. The van der Waals surface area contributed by atoms with Crippen LogP contribution in [0.15, 0.2) is 60.2 Å². The molecule has 6 nitrogen and oxygen atoms in total. The Morgan fingerprint density at radius 1 is 1.03 bits per heavy atom. The molecule has 4 rings (SSSR count). The molecule has 7 heteroatoms. The number of aryl methyl sites for hydroxylation is 2. The van der Waals surface area contributed by atoms with E-state index in [2.05, 4.69) is 5.10 Å². The Balaban J connectivity index is 2.00. The van der Waals surface area contributed by atoms with Crippen LogP contribution in [0.25, 0.3) is 5.76 Å². The van der Waals surface area contributed by atoms with Crippen molar-refractivity contribution in [1.82, 2.24) is 9.78 Å². The van der Waals surface area contributed by atoms with E-state index in [0.717, 1.165) is 5.69 Å². The maximum atomic E-state index is 13.2. The van der Waals surface area contributed by atoms with E-state index in [1.54, 1.807) is 67.2 Å². The van der Waals surface area contributed by atoms with Crippen molar-refractivity contribution >= 4 is 34.7 Å². The van der Waals surface area contributed by atoms with E-state index in [4.69, 9.17) is 11.6 Å². The Labute approximate surface area is 179 Å². The quantitative estimate of drug-likeness (QED) is 0.388. The number of carbonyl (C=O) groups is 2. The molecule has 1 aliphatic rings. The summed E-state index contributed by atoms with van der Waals surface area (Å²) in [6.45, 7) is 3.63. The van der Waals surface area contributed by atoms with E-state index < -0.39 is 17.7 Å². The van der Waals surface area contributed by atoms with Gasteiger partial charge in [-0.15, -0.1) is 0 Å². The minimum atomic E-state index is -0.802. The molecule has 152 valence electrons. The van der Waals surface area contributed by atoms with Gasteiger partial charge >= 0.3 is 0 Å². The summed E-state index contributed by atoms with van der Waals surface area (Å²) in [6, 6.07) is 14.8. The monoisotopic (exact) mass is 421 g/mol. The first kappa shape index (κ1) is 19.9. The zero-order valence-corrected chi connectivity index (χ0v) is 17.5. The van der Waals surface area contributed by atoms with E-state index in [1.807, 2.05) is 13.0 Å². The zero-order valence-electron chi connectivity index (χ0n) is 16.8. The molecule has 0 aliphatic carbocycles. The van der Waals surface area contributed by atoms with Crippen molar-refractivity contribution in [2.75, 3.05) is 4.90 Å². The van der Waals surface area contributed by atoms with Crippen LogP contribution in [0.2, 0.25) is 5.02 Å². The third-order valence-corrected chi connectivity index (χ3v) is 5.64. The van der Waals surface area contributed by atoms with Crippen LogP contribution in [-0.2, 0) is 16.6 Å². The van der Waals surface area contributed by atoms with Crippen LogP contribution in [0.3, 0.4) is 0 Å². The molecular weight excluding hydrogens is 402 g/mol. The molecular formula is C23H20ClN3O3. The molecule has 1 N–H and O–H groups in total. The Morgan fingerprint density at radius 2 is 1.67 bits per heavy atom. The molecule has 2 heterocycles. The molecule has 30 heavy (non-hydrogen) atoms. The van der Waals surface area contributed by atoms with E-state index in [-0.39, 0.29) is 11.3 Å². The summed E-state index contributed by atoms with van der Waals surface area (Å²) in [6.07, 6.45) is 0. The zero-order chi connectivity index (χ0) is 21.6. The highest BCUT2D eigenvalue weighted by molar-refractivity contribution is 6.51. The van der Waals surface area contributed by atoms with Crippen molar-refractivity contribution in [2.45, 2.75) is 19.9 Å². The lowest BCUT2D eigenvalue weighted by atomic mass is 9.95. The van der Waals surface area contributed by atoms with Crippen LogP contribution in [0, 0.1) is 13.8 Å².